The molecular weight excluding hydrogens is 276 g/mol. The Morgan fingerprint density at radius 1 is 1.23 bits per heavy atom. The van der Waals surface area contributed by atoms with Crippen LogP contribution in [-0.2, 0) is 17.9 Å². The Kier molecular flexibility index (Phi) is 4.14. The van der Waals surface area contributed by atoms with Crippen molar-refractivity contribution in [3.05, 3.63) is 60.0 Å². The molecule has 0 bridgehead atoms. The molecule has 3 rings (SSSR count). The van der Waals surface area contributed by atoms with E-state index in [1.165, 1.54) is 5.56 Å². The first-order valence-electron chi connectivity index (χ1n) is 7.31. The summed E-state index contributed by atoms with van der Waals surface area (Å²) in [6.07, 6.45) is 5.74. The van der Waals surface area contributed by atoms with Crippen molar-refractivity contribution in [2.75, 3.05) is 0 Å². The summed E-state index contributed by atoms with van der Waals surface area (Å²) in [5, 5.41) is 8.41. The largest absolute Gasteiger partial charge is 0.352 e. The van der Waals surface area contributed by atoms with Gasteiger partial charge in [-0.05, 0) is 30.2 Å². The van der Waals surface area contributed by atoms with E-state index >= 15 is 0 Å². The first-order chi connectivity index (χ1) is 10.7. The fourth-order valence-corrected chi connectivity index (χ4v) is 2.43. The van der Waals surface area contributed by atoms with E-state index in [1.54, 1.807) is 12.4 Å². The number of aromatic nitrogens is 3. The van der Waals surface area contributed by atoms with E-state index < -0.39 is 0 Å². The molecule has 0 aliphatic carbocycles. The van der Waals surface area contributed by atoms with E-state index in [-0.39, 0.29) is 5.91 Å². The molecule has 2 heterocycles. The van der Waals surface area contributed by atoms with E-state index in [0.717, 1.165) is 16.5 Å². The van der Waals surface area contributed by atoms with Crippen molar-refractivity contribution < 1.29 is 4.79 Å². The summed E-state index contributed by atoms with van der Waals surface area (Å²) in [6, 6.07) is 9.91. The van der Waals surface area contributed by atoms with Gasteiger partial charge in [0.05, 0.1) is 18.3 Å². The predicted octanol–water partition coefficient (Wildman–Crippen LogP) is 2.45. The molecule has 0 radical (unpaired) electrons. The summed E-state index contributed by atoms with van der Waals surface area (Å²) < 4.78 is 1.88. The average Bonchev–Trinajstić information content (AvgIpc) is 2.96. The van der Waals surface area contributed by atoms with Gasteiger partial charge in [-0.1, -0.05) is 18.2 Å². The number of hydrogen-bond donors (Lipinski definition) is 1. The van der Waals surface area contributed by atoms with Gasteiger partial charge in [-0.2, -0.15) is 5.10 Å². The first-order valence-corrected chi connectivity index (χ1v) is 7.31. The number of hydrogen-bond acceptors (Lipinski definition) is 3. The number of nitrogens with one attached hydrogen (secondary N) is 1. The molecule has 0 aliphatic heterocycles. The number of carbonyl (C=O) groups excluding carboxylic acids is 1. The SMILES string of the molecule is Cc1cccc2c1cnn2CCC(=O)NCc1cccnc1. The summed E-state index contributed by atoms with van der Waals surface area (Å²) in [7, 11) is 0. The van der Waals surface area contributed by atoms with Gasteiger partial charge in [0, 0.05) is 30.7 Å². The van der Waals surface area contributed by atoms with Crippen molar-refractivity contribution in [1.82, 2.24) is 20.1 Å². The van der Waals surface area contributed by atoms with E-state index in [1.807, 2.05) is 35.1 Å². The highest BCUT2D eigenvalue weighted by Gasteiger charge is 2.07. The average molecular weight is 294 g/mol. The van der Waals surface area contributed by atoms with Crippen molar-refractivity contribution in [2.24, 2.45) is 0 Å². The smallest absolute Gasteiger partial charge is 0.222 e. The number of benzene rings is 1. The standard InChI is InChI=1S/C17H18N4O/c1-13-4-2-6-16-15(13)12-20-21(16)9-7-17(22)19-11-14-5-3-8-18-10-14/h2-6,8,10,12H,7,9,11H2,1H3,(H,19,22). The number of aryl methyl sites for hydroxylation is 2. The van der Waals surface area contributed by atoms with Crippen LogP contribution in [0.3, 0.4) is 0 Å². The van der Waals surface area contributed by atoms with Gasteiger partial charge in [0.25, 0.3) is 0 Å². The lowest BCUT2D eigenvalue weighted by atomic mass is 10.1. The van der Waals surface area contributed by atoms with Gasteiger partial charge in [-0.25, -0.2) is 0 Å². The molecule has 0 unspecified atom stereocenters. The minimum absolute atomic E-state index is 0.0140. The van der Waals surface area contributed by atoms with Crippen molar-refractivity contribution in [3.8, 4) is 0 Å². The minimum atomic E-state index is 0.0140. The van der Waals surface area contributed by atoms with Crippen LogP contribution in [0.25, 0.3) is 10.9 Å². The summed E-state index contributed by atoms with van der Waals surface area (Å²) in [4.78, 5) is 16.0. The molecule has 1 aromatic carbocycles. The molecule has 1 N–H and O–H groups in total. The van der Waals surface area contributed by atoms with Crippen LogP contribution < -0.4 is 5.32 Å². The molecule has 1 amide bonds. The molecule has 0 atom stereocenters. The third-order valence-corrected chi connectivity index (χ3v) is 3.67. The maximum atomic E-state index is 11.9. The highest BCUT2D eigenvalue weighted by atomic mass is 16.1. The zero-order chi connectivity index (χ0) is 15.4. The monoisotopic (exact) mass is 294 g/mol. The lowest BCUT2D eigenvalue weighted by Crippen LogP contribution is -2.24. The molecule has 5 heteroatoms. The zero-order valence-corrected chi connectivity index (χ0v) is 12.5. The number of nitrogens with zero attached hydrogens (tertiary/aromatic N) is 3. The molecule has 112 valence electrons. The maximum absolute atomic E-state index is 11.9. The summed E-state index contributed by atoms with van der Waals surface area (Å²) in [5.74, 6) is 0.0140. The quantitative estimate of drug-likeness (QED) is 0.786. The highest BCUT2D eigenvalue weighted by Crippen LogP contribution is 2.17. The number of amides is 1. The molecule has 22 heavy (non-hydrogen) atoms. The van der Waals surface area contributed by atoms with Crippen molar-refractivity contribution in [3.63, 3.8) is 0 Å². The lowest BCUT2D eigenvalue weighted by molar-refractivity contribution is -0.121. The minimum Gasteiger partial charge on any atom is -0.352 e. The van der Waals surface area contributed by atoms with Crippen LogP contribution in [0.4, 0.5) is 0 Å². The lowest BCUT2D eigenvalue weighted by Gasteiger charge is -2.06. The zero-order valence-electron chi connectivity index (χ0n) is 12.5. The Balaban J connectivity index is 1.57. The van der Waals surface area contributed by atoms with Crippen LogP contribution >= 0.6 is 0 Å². The Labute approximate surface area is 129 Å². The Hall–Kier alpha value is -2.69. The Bertz CT molecular complexity index is 780. The molecule has 0 aliphatic rings. The molecule has 5 nitrogen and oxygen atoms in total. The summed E-state index contributed by atoms with van der Waals surface area (Å²) >= 11 is 0. The molecule has 3 aromatic rings. The fourth-order valence-electron chi connectivity index (χ4n) is 2.43. The normalized spacial score (nSPS) is 10.8. The van der Waals surface area contributed by atoms with Gasteiger partial charge >= 0.3 is 0 Å². The van der Waals surface area contributed by atoms with Crippen molar-refractivity contribution in [2.45, 2.75) is 26.4 Å². The third-order valence-electron chi connectivity index (χ3n) is 3.67. The van der Waals surface area contributed by atoms with Gasteiger partial charge in [0.2, 0.25) is 5.91 Å². The van der Waals surface area contributed by atoms with Crippen molar-refractivity contribution in [1.29, 1.82) is 0 Å². The molecule has 0 spiro atoms. The van der Waals surface area contributed by atoms with E-state index in [9.17, 15) is 4.79 Å². The predicted molar refractivity (Wildman–Crippen MR) is 85.2 cm³/mol. The van der Waals surface area contributed by atoms with Crippen LogP contribution in [0.15, 0.2) is 48.9 Å². The van der Waals surface area contributed by atoms with Gasteiger partial charge in [-0.3, -0.25) is 14.5 Å². The van der Waals surface area contributed by atoms with E-state index in [0.29, 0.717) is 19.5 Å². The van der Waals surface area contributed by atoms with E-state index in [4.69, 9.17) is 0 Å². The van der Waals surface area contributed by atoms with E-state index in [2.05, 4.69) is 28.4 Å². The van der Waals surface area contributed by atoms with Gasteiger partial charge in [0.15, 0.2) is 0 Å². The molecule has 0 saturated carbocycles. The number of carbonyl (C=O) groups is 1. The van der Waals surface area contributed by atoms with Gasteiger partial charge < -0.3 is 5.32 Å². The van der Waals surface area contributed by atoms with Crippen LogP contribution in [0.2, 0.25) is 0 Å². The topological polar surface area (TPSA) is 59.8 Å². The number of rotatable bonds is 5. The number of fused-ring (bicyclic) bond motifs is 1. The maximum Gasteiger partial charge on any atom is 0.222 e. The Morgan fingerprint density at radius 3 is 2.95 bits per heavy atom. The summed E-state index contributed by atoms with van der Waals surface area (Å²) in [6.45, 7) is 3.15. The highest BCUT2D eigenvalue weighted by molar-refractivity contribution is 5.82. The number of pyridine rings is 1. The second-order valence-corrected chi connectivity index (χ2v) is 5.26. The van der Waals surface area contributed by atoms with Gasteiger partial charge in [0.1, 0.15) is 0 Å². The van der Waals surface area contributed by atoms with Crippen LogP contribution in [0.5, 0.6) is 0 Å². The molecule has 2 aromatic heterocycles. The molecule has 0 saturated heterocycles. The molecule has 0 fully saturated rings. The van der Waals surface area contributed by atoms with Crippen LogP contribution in [-0.4, -0.2) is 20.7 Å². The first kappa shape index (κ1) is 14.3. The van der Waals surface area contributed by atoms with Crippen molar-refractivity contribution >= 4 is 16.8 Å². The molecular formula is C17H18N4O. The fraction of sp³-hybridized carbons (Fsp3) is 0.235. The third kappa shape index (κ3) is 3.14. The van der Waals surface area contributed by atoms with Crippen LogP contribution in [0.1, 0.15) is 17.5 Å². The van der Waals surface area contributed by atoms with Crippen LogP contribution in [0, 0.1) is 6.92 Å². The summed E-state index contributed by atoms with van der Waals surface area (Å²) in [5.41, 5.74) is 3.26. The second kappa shape index (κ2) is 6.39. The second-order valence-electron chi connectivity index (χ2n) is 5.26. The van der Waals surface area contributed by atoms with Gasteiger partial charge in [-0.15, -0.1) is 0 Å². The Morgan fingerprint density at radius 2 is 2.14 bits per heavy atom.